The third-order valence-electron chi connectivity index (χ3n) is 5.08. The summed E-state index contributed by atoms with van der Waals surface area (Å²) in [5.41, 5.74) is 2.55. The van der Waals surface area contributed by atoms with Crippen molar-refractivity contribution in [3.05, 3.63) is 111 Å². The largest absolute Gasteiger partial charge is 0.490 e. The van der Waals surface area contributed by atoms with Crippen LogP contribution in [0.15, 0.2) is 111 Å². The normalized spacial score (nSPS) is 10.3. The van der Waals surface area contributed by atoms with Gasteiger partial charge in [0, 0.05) is 16.7 Å². The maximum Gasteiger partial charge on any atom is 0.164 e. The first kappa shape index (κ1) is 24.4. The van der Waals surface area contributed by atoms with Gasteiger partial charge in [-0.05, 0) is 72.8 Å². The second-order valence-corrected chi connectivity index (χ2v) is 7.68. The van der Waals surface area contributed by atoms with Gasteiger partial charge in [0.25, 0.3) is 0 Å². The van der Waals surface area contributed by atoms with Gasteiger partial charge in [0.15, 0.2) is 17.5 Å². The topological polar surface area (TPSA) is 66.4 Å². The lowest BCUT2D eigenvalue weighted by Gasteiger charge is -2.10. The average Bonchev–Trinajstić information content (AvgIpc) is 2.94. The highest BCUT2D eigenvalue weighted by molar-refractivity contribution is 5.67. The minimum Gasteiger partial charge on any atom is -0.490 e. The second-order valence-electron chi connectivity index (χ2n) is 7.68. The van der Waals surface area contributed by atoms with Crippen LogP contribution < -0.4 is 14.2 Å². The zero-order chi connectivity index (χ0) is 25.2. The van der Waals surface area contributed by atoms with E-state index in [-0.39, 0.29) is 0 Å². The lowest BCUT2D eigenvalue weighted by molar-refractivity contribution is 0.363. The van der Waals surface area contributed by atoms with E-state index in [0.717, 1.165) is 33.9 Å². The first-order valence-corrected chi connectivity index (χ1v) is 11.5. The minimum atomic E-state index is 0.443. The van der Waals surface area contributed by atoms with Gasteiger partial charge in [0.05, 0.1) is 0 Å². The van der Waals surface area contributed by atoms with Gasteiger partial charge >= 0.3 is 0 Å². The predicted octanol–water partition coefficient (Wildman–Crippen LogP) is 6.57. The van der Waals surface area contributed by atoms with E-state index in [2.05, 4.69) is 19.7 Å². The fourth-order valence-electron chi connectivity index (χ4n) is 3.33. The Kier molecular flexibility index (Phi) is 8.22. The smallest absolute Gasteiger partial charge is 0.164 e. The number of aromatic nitrogens is 3. The summed E-state index contributed by atoms with van der Waals surface area (Å²) < 4.78 is 16.8. The quantitative estimate of drug-likeness (QED) is 0.215. The van der Waals surface area contributed by atoms with Crippen LogP contribution in [0.1, 0.15) is 0 Å². The molecule has 1 aromatic heterocycles. The van der Waals surface area contributed by atoms with Crippen LogP contribution in [0.3, 0.4) is 0 Å². The maximum absolute atomic E-state index is 5.60. The van der Waals surface area contributed by atoms with E-state index < -0.39 is 0 Å². The SMILES string of the molecule is C=CCOc1ccc(-c2nc(-c3ccc(OCC=C)cc3)nc(-c3ccc(OCC=C)cc3)n2)cc1. The van der Waals surface area contributed by atoms with E-state index in [4.69, 9.17) is 29.2 Å². The van der Waals surface area contributed by atoms with Crippen molar-refractivity contribution in [2.24, 2.45) is 0 Å². The molecule has 4 aromatic rings. The Morgan fingerprint density at radius 1 is 0.444 bits per heavy atom. The number of rotatable bonds is 12. The summed E-state index contributed by atoms with van der Waals surface area (Å²) in [5.74, 6) is 3.92. The molecule has 1 heterocycles. The van der Waals surface area contributed by atoms with Crippen LogP contribution in [0.5, 0.6) is 17.2 Å². The molecular weight excluding hydrogens is 450 g/mol. The number of ether oxygens (including phenoxy) is 3. The molecule has 0 atom stereocenters. The lowest BCUT2D eigenvalue weighted by Crippen LogP contribution is -2.01. The van der Waals surface area contributed by atoms with Crippen LogP contribution in [-0.4, -0.2) is 34.8 Å². The molecule has 6 heteroatoms. The fourth-order valence-corrected chi connectivity index (χ4v) is 3.33. The number of nitrogens with zero attached hydrogens (tertiary/aromatic N) is 3. The van der Waals surface area contributed by atoms with Gasteiger partial charge in [0.2, 0.25) is 0 Å². The highest BCUT2D eigenvalue weighted by Gasteiger charge is 2.13. The van der Waals surface area contributed by atoms with E-state index >= 15 is 0 Å². The van der Waals surface area contributed by atoms with E-state index in [9.17, 15) is 0 Å². The molecule has 4 rings (SSSR count). The van der Waals surface area contributed by atoms with Gasteiger partial charge in [-0.2, -0.15) is 0 Å². The van der Waals surface area contributed by atoms with Crippen molar-refractivity contribution in [3.8, 4) is 51.4 Å². The van der Waals surface area contributed by atoms with Crippen molar-refractivity contribution in [1.29, 1.82) is 0 Å². The summed E-state index contributed by atoms with van der Waals surface area (Å²) in [5, 5.41) is 0. The molecule has 0 saturated carbocycles. The third-order valence-corrected chi connectivity index (χ3v) is 5.08. The predicted molar refractivity (Wildman–Crippen MR) is 143 cm³/mol. The third kappa shape index (κ3) is 6.24. The van der Waals surface area contributed by atoms with Crippen molar-refractivity contribution in [1.82, 2.24) is 15.0 Å². The Morgan fingerprint density at radius 3 is 0.917 bits per heavy atom. The standard InChI is InChI=1S/C30H27N3O3/c1-4-19-34-25-13-7-22(8-14-25)28-31-29(23-9-15-26(16-10-23)35-20-5-2)33-30(32-28)24-11-17-27(18-12-24)36-21-6-3/h4-18H,1-3,19-21H2. The van der Waals surface area contributed by atoms with Crippen LogP contribution in [0.4, 0.5) is 0 Å². The number of benzene rings is 3. The van der Waals surface area contributed by atoms with Gasteiger partial charge in [0.1, 0.15) is 37.1 Å². The minimum absolute atomic E-state index is 0.443. The van der Waals surface area contributed by atoms with Crippen molar-refractivity contribution < 1.29 is 14.2 Å². The molecule has 0 amide bonds. The van der Waals surface area contributed by atoms with Crippen molar-refractivity contribution in [3.63, 3.8) is 0 Å². The Morgan fingerprint density at radius 2 is 0.694 bits per heavy atom. The summed E-state index contributed by atoms with van der Waals surface area (Å²) in [4.78, 5) is 14.3. The summed E-state index contributed by atoms with van der Waals surface area (Å²) in [7, 11) is 0. The molecule has 0 spiro atoms. The van der Waals surface area contributed by atoms with Crippen LogP contribution in [0, 0.1) is 0 Å². The van der Waals surface area contributed by atoms with E-state index in [0.29, 0.717) is 37.3 Å². The summed E-state index contributed by atoms with van der Waals surface area (Å²) >= 11 is 0. The average molecular weight is 478 g/mol. The highest BCUT2D eigenvalue weighted by Crippen LogP contribution is 2.28. The molecular formula is C30H27N3O3. The van der Waals surface area contributed by atoms with Crippen LogP contribution in [-0.2, 0) is 0 Å². The first-order valence-electron chi connectivity index (χ1n) is 11.5. The van der Waals surface area contributed by atoms with Gasteiger partial charge < -0.3 is 14.2 Å². The Labute approximate surface area is 211 Å². The van der Waals surface area contributed by atoms with Crippen molar-refractivity contribution in [2.45, 2.75) is 0 Å². The monoisotopic (exact) mass is 477 g/mol. The zero-order valence-electron chi connectivity index (χ0n) is 20.0. The molecule has 0 unspecified atom stereocenters. The van der Waals surface area contributed by atoms with Crippen molar-refractivity contribution >= 4 is 0 Å². The molecule has 36 heavy (non-hydrogen) atoms. The van der Waals surface area contributed by atoms with Crippen LogP contribution in [0.2, 0.25) is 0 Å². The summed E-state index contributed by atoms with van der Waals surface area (Å²) in [6.45, 7) is 12.4. The van der Waals surface area contributed by atoms with Crippen molar-refractivity contribution in [2.75, 3.05) is 19.8 Å². The van der Waals surface area contributed by atoms with Crippen LogP contribution >= 0.6 is 0 Å². The number of hydrogen-bond donors (Lipinski definition) is 0. The molecule has 180 valence electrons. The molecule has 0 aliphatic heterocycles. The first-order chi connectivity index (χ1) is 17.7. The lowest BCUT2D eigenvalue weighted by atomic mass is 10.1. The van der Waals surface area contributed by atoms with Gasteiger partial charge in [-0.25, -0.2) is 15.0 Å². The van der Waals surface area contributed by atoms with Crippen LogP contribution in [0.25, 0.3) is 34.2 Å². The number of hydrogen-bond acceptors (Lipinski definition) is 6. The van der Waals surface area contributed by atoms with Gasteiger partial charge in [-0.15, -0.1) is 0 Å². The molecule has 3 aromatic carbocycles. The van der Waals surface area contributed by atoms with E-state index in [1.54, 1.807) is 18.2 Å². The van der Waals surface area contributed by atoms with Gasteiger partial charge in [-0.3, -0.25) is 0 Å². The second kappa shape index (κ2) is 12.1. The molecule has 0 fully saturated rings. The highest BCUT2D eigenvalue weighted by atomic mass is 16.5. The molecule has 0 N–H and O–H groups in total. The molecule has 0 bridgehead atoms. The molecule has 6 nitrogen and oxygen atoms in total. The van der Waals surface area contributed by atoms with E-state index in [1.165, 1.54) is 0 Å². The Bertz CT molecular complexity index is 1140. The Hall–Kier alpha value is -4.71. The molecule has 0 aliphatic carbocycles. The summed E-state index contributed by atoms with van der Waals surface area (Å²) in [6, 6.07) is 22.9. The molecule has 0 saturated heterocycles. The fraction of sp³-hybridized carbons (Fsp3) is 0.100. The summed E-state index contributed by atoms with van der Waals surface area (Å²) in [6.07, 6.45) is 5.12. The maximum atomic E-state index is 5.60. The molecule has 0 aliphatic rings. The van der Waals surface area contributed by atoms with Gasteiger partial charge in [-0.1, -0.05) is 38.0 Å². The molecule has 0 radical (unpaired) electrons. The Balaban J connectivity index is 1.71. The van der Waals surface area contributed by atoms with E-state index in [1.807, 2.05) is 72.8 Å². The zero-order valence-corrected chi connectivity index (χ0v) is 20.0.